The first-order chi connectivity index (χ1) is 10.4. The molecule has 1 aliphatic heterocycles. The highest BCUT2D eigenvalue weighted by molar-refractivity contribution is 5.43. The van der Waals surface area contributed by atoms with Crippen LogP contribution in [-0.2, 0) is 19.6 Å². The van der Waals surface area contributed by atoms with E-state index in [0.29, 0.717) is 13.2 Å². The molecular weight excluding hydrogens is 266 g/mol. The molecule has 0 atom stereocenters. The Bertz CT molecular complexity index is 595. The summed E-state index contributed by atoms with van der Waals surface area (Å²) in [5, 5.41) is 7.78. The molecule has 0 saturated carbocycles. The Morgan fingerprint density at radius 2 is 2.00 bits per heavy atom. The first-order valence-electron chi connectivity index (χ1n) is 7.46. The molecule has 0 fully saturated rings. The Morgan fingerprint density at radius 3 is 2.86 bits per heavy atom. The fourth-order valence-electron chi connectivity index (χ4n) is 2.46. The largest absolute Gasteiger partial charge is 0.486 e. The minimum Gasteiger partial charge on any atom is -0.486 e. The predicted octanol–water partition coefficient (Wildman–Crippen LogP) is 2.35. The summed E-state index contributed by atoms with van der Waals surface area (Å²) in [5.74, 6) is 1.68. The van der Waals surface area contributed by atoms with Gasteiger partial charge < -0.3 is 14.8 Å². The van der Waals surface area contributed by atoms with Gasteiger partial charge in [0.2, 0.25) is 0 Å². The molecule has 3 rings (SSSR count). The van der Waals surface area contributed by atoms with Gasteiger partial charge >= 0.3 is 0 Å². The van der Waals surface area contributed by atoms with Gasteiger partial charge in [-0.15, -0.1) is 0 Å². The van der Waals surface area contributed by atoms with Crippen LogP contribution in [0.2, 0.25) is 0 Å². The number of ether oxygens (including phenoxy) is 2. The highest BCUT2D eigenvalue weighted by Crippen LogP contribution is 2.30. The molecule has 0 amide bonds. The lowest BCUT2D eigenvalue weighted by molar-refractivity contribution is 0.171. The van der Waals surface area contributed by atoms with Crippen molar-refractivity contribution in [2.75, 3.05) is 13.2 Å². The van der Waals surface area contributed by atoms with E-state index in [-0.39, 0.29) is 0 Å². The fourth-order valence-corrected chi connectivity index (χ4v) is 2.46. The molecule has 2 aromatic rings. The average Bonchev–Trinajstić information content (AvgIpc) is 2.95. The van der Waals surface area contributed by atoms with Crippen molar-refractivity contribution in [1.82, 2.24) is 15.1 Å². The maximum absolute atomic E-state index is 5.60. The van der Waals surface area contributed by atoms with Gasteiger partial charge in [0, 0.05) is 25.8 Å². The molecule has 0 saturated heterocycles. The quantitative estimate of drug-likeness (QED) is 0.886. The van der Waals surface area contributed by atoms with Gasteiger partial charge in [-0.05, 0) is 30.2 Å². The molecular formula is C16H21N3O2. The molecule has 21 heavy (non-hydrogen) atoms. The zero-order valence-electron chi connectivity index (χ0n) is 12.3. The highest BCUT2D eigenvalue weighted by atomic mass is 16.6. The Labute approximate surface area is 124 Å². The third-order valence-electron chi connectivity index (χ3n) is 3.48. The predicted molar refractivity (Wildman–Crippen MR) is 80.5 cm³/mol. The van der Waals surface area contributed by atoms with Crippen LogP contribution < -0.4 is 14.8 Å². The second kappa shape index (κ2) is 6.63. The molecule has 0 spiro atoms. The third-order valence-corrected chi connectivity index (χ3v) is 3.48. The van der Waals surface area contributed by atoms with Gasteiger partial charge in [-0.1, -0.05) is 13.0 Å². The maximum Gasteiger partial charge on any atom is 0.161 e. The minimum absolute atomic E-state index is 0.625. The van der Waals surface area contributed by atoms with E-state index < -0.39 is 0 Å². The number of rotatable bonds is 6. The number of aryl methyl sites for hydroxylation is 1. The van der Waals surface area contributed by atoms with Gasteiger partial charge in [0.15, 0.2) is 11.5 Å². The molecule has 0 bridgehead atoms. The molecule has 5 nitrogen and oxygen atoms in total. The van der Waals surface area contributed by atoms with Crippen LogP contribution in [0, 0.1) is 0 Å². The SMILES string of the molecule is CCCn1nccc1CNCc1ccc2c(c1)OCCO2. The van der Waals surface area contributed by atoms with Crippen molar-refractivity contribution in [1.29, 1.82) is 0 Å². The van der Waals surface area contributed by atoms with Crippen molar-refractivity contribution in [3.63, 3.8) is 0 Å². The summed E-state index contributed by atoms with van der Waals surface area (Å²) in [4.78, 5) is 0. The van der Waals surface area contributed by atoms with E-state index in [1.165, 1.54) is 11.3 Å². The van der Waals surface area contributed by atoms with Crippen LogP contribution in [0.5, 0.6) is 11.5 Å². The molecule has 1 aromatic heterocycles. The van der Waals surface area contributed by atoms with Crippen LogP contribution in [-0.4, -0.2) is 23.0 Å². The second-order valence-corrected chi connectivity index (χ2v) is 5.13. The van der Waals surface area contributed by atoms with Crippen molar-refractivity contribution in [2.24, 2.45) is 0 Å². The molecule has 112 valence electrons. The first kappa shape index (κ1) is 13.9. The molecule has 1 N–H and O–H groups in total. The summed E-state index contributed by atoms with van der Waals surface area (Å²) >= 11 is 0. The first-order valence-corrected chi connectivity index (χ1v) is 7.46. The molecule has 1 aromatic carbocycles. The van der Waals surface area contributed by atoms with E-state index in [1.807, 2.05) is 18.3 Å². The van der Waals surface area contributed by atoms with Gasteiger partial charge in [-0.3, -0.25) is 4.68 Å². The number of nitrogens with one attached hydrogen (secondary N) is 1. The van der Waals surface area contributed by atoms with Crippen molar-refractivity contribution in [3.05, 3.63) is 41.7 Å². The average molecular weight is 287 g/mol. The summed E-state index contributed by atoms with van der Waals surface area (Å²) in [7, 11) is 0. The number of fused-ring (bicyclic) bond motifs is 1. The summed E-state index contributed by atoms with van der Waals surface area (Å²) in [6.07, 6.45) is 2.95. The standard InChI is InChI=1S/C16H21N3O2/c1-2-7-19-14(5-6-18-19)12-17-11-13-3-4-15-16(10-13)21-9-8-20-15/h3-6,10,17H,2,7-9,11-12H2,1H3. The van der Waals surface area contributed by atoms with Crippen LogP contribution in [0.15, 0.2) is 30.5 Å². The van der Waals surface area contributed by atoms with Crippen LogP contribution in [0.4, 0.5) is 0 Å². The van der Waals surface area contributed by atoms with Crippen LogP contribution in [0.25, 0.3) is 0 Å². The summed E-state index contributed by atoms with van der Waals surface area (Å²) < 4.78 is 13.2. The summed E-state index contributed by atoms with van der Waals surface area (Å²) in [6, 6.07) is 8.16. The molecule has 0 radical (unpaired) electrons. The second-order valence-electron chi connectivity index (χ2n) is 5.13. The van der Waals surface area contributed by atoms with Gasteiger partial charge in [0.05, 0.1) is 5.69 Å². The van der Waals surface area contributed by atoms with Gasteiger partial charge in [-0.25, -0.2) is 0 Å². The van der Waals surface area contributed by atoms with E-state index in [0.717, 1.165) is 37.6 Å². The minimum atomic E-state index is 0.625. The van der Waals surface area contributed by atoms with Crippen LogP contribution >= 0.6 is 0 Å². The van der Waals surface area contributed by atoms with Crippen molar-refractivity contribution < 1.29 is 9.47 Å². The van der Waals surface area contributed by atoms with Gasteiger partial charge in [0.25, 0.3) is 0 Å². The van der Waals surface area contributed by atoms with E-state index in [1.54, 1.807) is 0 Å². The van der Waals surface area contributed by atoms with Gasteiger partial charge in [0.1, 0.15) is 13.2 Å². The van der Waals surface area contributed by atoms with Crippen LogP contribution in [0.3, 0.4) is 0 Å². The Hall–Kier alpha value is -2.01. The zero-order chi connectivity index (χ0) is 14.5. The number of aromatic nitrogens is 2. The normalized spacial score (nSPS) is 13.4. The Morgan fingerprint density at radius 1 is 1.14 bits per heavy atom. The molecule has 2 heterocycles. The lowest BCUT2D eigenvalue weighted by Crippen LogP contribution is -2.18. The topological polar surface area (TPSA) is 48.3 Å². The van der Waals surface area contributed by atoms with E-state index in [2.05, 4.69) is 34.2 Å². The smallest absolute Gasteiger partial charge is 0.161 e. The molecule has 1 aliphatic rings. The molecule has 0 aliphatic carbocycles. The zero-order valence-corrected chi connectivity index (χ0v) is 12.3. The van der Waals surface area contributed by atoms with E-state index in [4.69, 9.17) is 9.47 Å². The molecule has 0 unspecified atom stereocenters. The summed E-state index contributed by atoms with van der Waals surface area (Å²) in [5.41, 5.74) is 2.41. The number of hydrogen-bond acceptors (Lipinski definition) is 4. The maximum atomic E-state index is 5.60. The van der Waals surface area contributed by atoms with Crippen molar-refractivity contribution >= 4 is 0 Å². The van der Waals surface area contributed by atoms with Crippen molar-refractivity contribution in [3.8, 4) is 11.5 Å². The monoisotopic (exact) mass is 287 g/mol. The Balaban J connectivity index is 1.56. The summed E-state index contributed by atoms with van der Waals surface area (Å²) in [6.45, 7) is 6.00. The number of benzene rings is 1. The van der Waals surface area contributed by atoms with Crippen LogP contribution in [0.1, 0.15) is 24.6 Å². The van der Waals surface area contributed by atoms with E-state index >= 15 is 0 Å². The van der Waals surface area contributed by atoms with Crippen molar-refractivity contribution in [2.45, 2.75) is 33.0 Å². The number of hydrogen-bond donors (Lipinski definition) is 1. The van der Waals surface area contributed by atoms with Gasteiger partial charge in [-0.2, -0.15) is 5.10 Å². The lowest BCUT2D eigenvalue weighted by Gasteiger charge is -2.19. The van der Waals surface area contributed by atoms with E-state index in [9.17, 15) is 0 Å². The number of nitrogens with zero attached hydrogens (tertiary/aromatic N) is 2. The lowest BCUT2D eigenvalue weighted by atomic mass is 10.2. The highest BCUT2D eigenvalue weighted by Gasteiger charge is 2.11. The molecule has 5 heteroatoms. The fraction of sp³-hybridized carbons (Fsp3) is 0.438. The third kappa shape index (κ3) is 3.36. The Kier molecular flexibility index (Phi) is 4.40.